The fraction of sp³-hybridized carbons (Fsp3) is 0.261. The van der Waals surface area contributed by atoms with Crippen LogP contribution < -0.4 is 10.6 Å². The number of benzene rings is 2. The van der Waals surface area contributed by atoms with Crippen molar-refractivity contribution in [1.82, 2.24) is 20.1 Å². The minimum Gasteiger partial charge on any atom is -0.465 e. The maximum absolute atomic E-state index is 12.5. The van der Waals surface area contributed by atoms with Crippen molar-refractivity contribution in [3.63, 3.8) is 0 Å². The molecule has 9 nitrogen and oxygen atoms in total. The molecule has 0 bridgehead atoms. The highest BCUT2D eigenvalue weighted by atomic mass is 32.2. The molecule has 0 aliphatic rings. The Hall–Kier alpha value is -3.66. The maximum atomic E-state index is 12.5. The predicted octanol–water partition coefficient (Wildman–Crippen LogP) is 3.31. The number of aromatic nitrogens is 3. The lowest BCUT2D eigenvalue weighted by Gasteiger charge is -2.15. The third-order valence-electron chi connectivity index (χ3n) is 4.77. The van der Waals surface area contributed by atoms with Gasteiger partial charge in [-0.25, -0.2) is 4.79 Å². The van der Waals surface area contributed by atoms with Crippen LogP contribution in [-0.4, -0.2) is 45.4 Å². The summed E-state index contributed by atoms with van der Waals surface area (Å²) in [6.45, 7) is 4.35. The van der Waals surface area contributed by atoms with Crippen LogP contribution in [0.2, 0.25) is 0 Å². The van der Waals surface area contributed by atoms with Crippen LogP contribution in [0.15, 0.2) is 59.8 Å². The zero-order valence-electron chi connectivity index (χ0n) is 18.6. The van der Waals surface area contributed by atoms with Gasteiger partial charge in [0.25, 0.3) is 5.91 Å². The van der Waals surface area contributed by atoms with E-state index in [1.165, 1.54) is 18.9 Å². The average molecular weight is 468 g/mol. The van der Waals surface area contributed by atoms with Crippen LogP contribution in [-0.2, 0) is 16.1 Å². The highest BCUT2D eigenvalue weighted by Crippen LogP contribution is 2.22. The Morgan fingerprint density at radius 2 is 1.76 bits per heavy atom. The van der Waals surface area contributed by atoms with Crippen LogP contribution in [0.4, 0.5) is 5.69 Å². The summed E-state index contributed by atoms with van der Waals surface area (Å²) >= 11 is 1.22. The molecule has 1 atom stereocenters. The van der Waals surface area contributed by atoms with Crippen molar-refractivity contribution in [3.05, 3.63) is 71.5 Å². The summed E-state index contributed by atoms with van der Waals surface area (Å²) in [5.41, 5.74) is 1.22. The number of hydrogen-bond acceptors (Lipinski definition) is 7. The summed E-state index contributed by atoms with van der Waals surface area (Å²) in [7, 11) is 1.29. The molecule has 2 N–H and O–H groups in total. The Morgan fingerprint density at radius 3 is 2.45 bits per heavy atom. The minimum atomic E-state index is -0.527. The Kier molecular flexibility index (Phi) is 8.20. The first-order chi connectivity index (χ1) is 15.9. The van der Waals surface area contributed by atoms with Gasteiger partial charge in [0, 0.05) is 12.1 Å². The Morgan fingerprint density at radius 1 is 1.06 bits per heavy atom. The molecule has 3 rings (SSSR count). The van der Waals surface area contributed by atoms with Crippen molar-refractivity contribution < 1.29 is 19.1 Å². The van der Waals surface area contributed by atoms with Gasteiger partial charge in [0.1, 0.15) is 0 Å². The minimum absolute atomic E-state index is 0.0679. The van der Waals surface area contributed by atoms with Crippen LogP contribution >= 0.6 is 11.8 Å². The topological polar surface area (TPSA) is 115 Å². The number of nitrogens with one attached hydrogen (secondary N) is 2. The molecular weight excluding hydrogens is 442 g/mol. The van der Waals surface area contributed by atoms with Gasteiger partial charge in [-0.2, -0.15) is 0 Å². The van der Waals surface area contributed by atoms with E-state index in [1.807, 2.05) is 24.5 Å². The molecule has 1 heterocycles. The van der Waals surface area contributed by atoms with Gasteiger partial charge in [-0.05, 0) is 38.1 Å². The lowest BCUT2D eigenvalue weighted by Crippen LogP contribution is -2.28. The van der Waals surface area contributed by atoms with Crippen LogP contribution in [0.25, 0.3) is 0 Å². The molecule has 10 heteroatoms. The van der Waals surface area contributed by atoms with Gasteiger partial charge < -0.3 is 19.9 Å². The average Bonchev–Trinajstić information content (AvgIpc) is 3.26. The molecule has 0 spiro atoms. The number of carbonyl (C=O) groups is 3. The molecule has 2 amide bonds. The number of amides is 2. The van der Waals surface area contributed by atoms with Gasteiger partial charge in [-0.1, -0.05) is 42.1 Å². The van der Waals surface area contributed by atoms with Crippen molar-refractivity contribution in [2.45, 2.75) is 31.6 Å². The van der Waals surface area contributed by atoms with Crippen molar-refractivity contribution in [2.24, 2.45) is 0 Å². The molecule has 2 aromatic carbocycles. The maximum Gasteiger partial charge on any atom is 0.339 e. The quantitative estimate of drug-likeness (QED) is 0.366. The third-order valence-corrected chi connectivity index (χ3v) is 5.74. The predicted molar refractivity (Wildman–Crippen MR) is 125 cm³/mol. The zero-order chi connectivity index (χ0) is 23.8. The number of rotatable bonds is 9. The number of anilines is 1. The summed E-state index contributed by atoms with van der Waals surface area (Å²) in [6.07, 6.45) is 0. The second-order valence-electron chi connectivity index (χ2n) is 7.02. The molecule has 0 radical (unpaired) electrons. The molecule has 0 saturated carbocycles. The molecule has 172 valence electrons. The molecule has 3 aromatic rings. The summed E-state index contributed by atoms with van der Waals surface area (Å²) in [6, 6.07) is 15.2. The van der Waals surface area contributed by atoms with E-state index >= 15 is 0 Å². The van der Waals surface area contributed by atoms with Crippen molar-refractivity contribution >= 4 is 35.2 Å². The number of para-hydroxylation sites is 1. The smallest absolute Gasteiger partial charge is 0.339 e. The summed E-state index contributed by atoms with van der Waals surface area (Å²) in [4.78, 5) is 36.8. The number of carbonyl (C=O) groups excluding carboxylic acids is 3. The molecule has 0 unspecified atom stereocenters. The monoisotopic (exact) mass is 467 g/mol. The number of nitrogens with zero attached hydrogens (tertiary/aromatic N) is 3. The lowest BCUT2D eigenvalue weighted by molar-refractivity contribution is -0.113. The molecule has 0 fully saturated rings. The molecule has 33 heavy (non-hydrogen) atoms. The van der Waals surface area contributed by atoms with Gasteiger partial charge >= 0.3 is 5.97 Å². The number of esters is 1. The van der Waals surface area contributed by atoms with Gasteiger partial charge in [-0.3, -0.25) is 9.59 Å². The van der Waals surface area contributed by atoms with Crippen molar-refractivity contribution in [1.29, 1.82) is 0 Å². The first-order valence-electron chi connectivity index (χ1n) is 10.3. The van der Waals surface area contributed by atoms with E-state index in [9.17, 15) is 14.4 Å². The van der Waals surface area contributed by atoms with Crippen LogP contribution in [0.5, 0.6) is 0 Å². The summed E-state index contributed by atoms with van der Waals surface area (Å²) in [5, 5.41) is 14.6. The van der Waals surface area contributed by atoms with Gasteiger partial charge in [0.05, 0.1) is 30.2 Å². The highest BCUT2D eigenvalue weighted by molar-refractivity contribution is 7.99. The second kappa shape index (κ2) is 11.3. The van der Waals surface area contributed by atoms with Crippen LogP contribution in [0.3, 0.4) is 0 Å². The first-order valence-corrected chi connectivity index (χ1v) is 11.3. The number of methoxy groups -OCH3 is 1. The number of ether oxygens (including phenoxy) is 1. The number of hydrogen-bond donors (Lipinski definition) is 2. The van der Waals surface area contributed by atoms with Gasteiger partial charge in [-0.15, -0.1) is 10.2 Å². The number of thioether (sulfide) groups is 1. The fourth-order valence-corrected chi connectivity index (χ4v) is 3.96. The van der Waals surface area contributed by atoms with Gasteiger partial charge in [0.15, 0.2) is 11.0 Å². The zero-order valence-corrected chi connectivity index (χ0v) is 19.4. The van der Waals surface area contributed by atoms with Crippen LogP contribution in [0, 0.1) is 0 Å². The molecule has 0 saturated heterocycles. The first kappa shape index (κ1) is 24.0. The normalized spacial score (nSPS) is 11.5. The SMILES string of the molecule is CCn1c(SCC(=O)Nc2ccccc2C(=O)OC)nnc1[C@H](C)NC(=O)c1ccccc1. The Balaban J connectivity index is 1.64. The van der Waals surface area contributed by atoms with Gasteiger partial charge in [0.2, 0.25) is 5.91 Å². The summed E-state index contributed by atoms with van der Waals surface area (Å²) < 4.78 is 6.61. The molecular formula is C23H25N5O4S. The van der Waals surface area contributed by atoms with E-state index in [2.05, 4.69) is 20.8 Å². The van der Waals surface area contributed by atoms with E-state index in [0.29, 0.717) is 28.8 Å². The van der Waals surface area contributed by atoms with Crippen LogP contribution in [0.1, 0.15) is 46.4 Å². The summed E-state index contributed by atoms with van der Waals surface area (Å²) in [5.74, 6) is -0.361. The fourth-order valence-electron chi connectivity index (χ4n) is 3.15. The largest absolute Gasteiger partial charge is 0.465 e. The standard InChI is InChI=1S/C23H25N5O4S/c1-4-28-20(15(2)24-21(30)16-10-6-5-7-11-16)26-27-23(28)33-14-19(29)25-18-13-9-8-12-17(18)22(31)32-3/h5-13,15H,4,14H2,1-3H3,(H,24,30)(H,25,29)/t15-/m0/s1. The second-order valence-corrected chi connectivity index (χ2v) is 7.96. The van der Waals surface area contributed by atoms with E-state index in [0.717, 1.165) is 0 Å². The lowest BCUT2D eigenvalue weighted by atomic mass is 10.2. The molecule has 0 aliphatic carbocycles. The third kappa shape index (κ3) is 5.98. The van der Waals surface area contributed by atoms with E-state index in [-0.39, 0.29) is 29.2 Å². The Labute approximate surface area is 195 Å². The van der Waals surface area contributed by atoms with Crippen molar-refractivity contribution in [3.8, 4) is 0 Å². The highest BCUT2D eigenvalue weighted by Gasteiger charge is 2.20. The van der Waals surface area contributed by atoms with E-state index in [4.69, 9.17) is 4.74 Å². The van der Waals surface area contributed by atoms with E-state index in [1.54, 1.807) is 48.5 Å². The molecule has 0 aliphatic heterocycles. The molecule has 1 aromatic heterocycles. The Bertz CT molecular complexity index is 1130. The van der Waals surface area contributed by atoms with Crippen molar-refractivity contribution in [2.75, 3.05) is 18.2 Å². The van der Waals surface area contributed by atoms with E-state index < -0.39 is 5.97 Å².